The lowest BCUT2D eigenvalue weighted by atomic mass is 10.0. The van der Waals surface area contributed by atoms with Gasteiger partial charge >= 0.3 is 0 Å². The molecule has 0 bridgehead atoms. The summed E-state index contributed by atoms with van der Waals surface area (Å²) in [5.41, 5.74) is 2.04. The van der Waals surface area contributed by atoms with Crippen molar-refractivity contribution in [3.8, 4) is 11.3 Å². The lowest BCUT2D eigenvalue weighted by Crippen LogP contribution is -2.30. The van der Waals surface area contributed by atoms with Crippen molar-refractivity contribution in [1.82, 2.24) is 10.1 Å². The number of non-ortho nitro benzene ring substituents is 1. The molecule has 0 spiro atoms. The maximum absolute atomic E-state index is 13.2. The van der Waals surface area contributed by atoms with E-state index in [4.69, 9.17) is 4.52 Å². The van der Waals surface area contributed by atoms with Gasteiger partial charge in [-0.3, -0.25) is 14.9 Å². The van der Waals surface area contributed by atoms with Gasteiger partial charge in [-0.2, -0.15) is 0 Å². The Morgan fingerprint density at radius 1 is 1.15 bits per heavy atom. The van der Waals surface area contributed by atoms with Crippen LogP contribution in [0.4, 0.5) is 5.69 Å². The second kappa shape index (κ2) is 7.03. The molecule has 1 unspecified atom stereocenters. The van der Waals surface area contributed by atoms with Gasteiger partial charge in [0.1, 0.15) is 5.56 Å². The third kappa shape index (κ3) is 3.19. The molecule has 3 aromatic rings. The lowest BCUT2D eigenvalue weighted by molar-refractivity contribution is -0.384. The number of amides is 1. The van der Waals surface area contributed by atoms with Crippen LogP contribution in [0.1, 0.15) is 34.8 Å². The highest BCUT2D eigenvalue weighted by molar-refractivity contribution is 5.99. The van der Waals surface area contributed by atoms with E-state index in [0.717, 1.165) is 18.4 Å². The fourth-order valence-corrected chi connectivity index (χ4v) is 3.52. The highest BCUT2D eigenvalue weighted by Crippen LogP contribution is 2.35. The Bertz CT molecular complexity index is 966. The number of aromatic nitrogens is 1. The molecule has 1 aromatic heterocycles. The van der Waals surface area contributed by atoms with E-state index < -0.39 is 4.92 Å². The van der Waals surface area contributed by atoms with Gasteiger partial charge in [-0.25, -0.2) is 0 Å². The van der Waals surface area contributed by atoms with Crippen molar-refractivity contribution in [2.24, 2.45) is 0 Å². The molecule has 1 fully saturated rings. The number of benzene rings is 2. The minimum Gasteiger partial charge on any atom is -0.355 e. The first-order valence-electron chi connectivity index (χ1n) is 8.70. The Morgan fingerprint density at radius 2 is 1.89 bits per heavy atom. The first kappa shape index (κ1) is 17.0. The van der Waals surface area contributed by atoms with Crippen molar-refractivity contribution in [2.45, 2.75) is 18.9 Å². The maximum Gasteiger partial charge on any atom is 0.269 e. The Hall–Kier alpha value is -3.48. The normalized spacial score (nSPS) is 16.4. The number of likely N-dealkylation sites (tertiary alicyclic amines) is 1. The van der Waals surface area contributed by atoms with E-state index in [1.165, 1.54) is 18.3 Å². The zero-order valence-electron chi connectivity index (χ0n) is 14.4. The first-order valence-corrected chi connectivity index (χ1v) is 8.70. The van der Waals surface area contributed by atoms with Crippen LogP contribution >= 0.6 is 0 Å². The Morgan fingerprint density at radius 3 is 2.59 bits per heavy atom. The summed E-state index contributed by atoms with van der Waals surface area (Å²) < 4.78 is 5.31. The highest BCUT2D eigenvalue weighted by atomic mass is 16.6. The van der Waals surface area contributed by atoms with Crippen LogP contribution in [0.15, 0.2) is 65.3 Å². The third-order valence-corrected chi connectivity index (χ3v) is 4.84. The van der Waals surface area contributed by atoms with E-state index in [1.54, 1.807) is 12.1 Å². The Balaban J connectivity index is 1.63. The molecule has 1 aliphatic heterocycles. The predicted octanol–water partition coefficient (Wildman–Crippen LogP) is 4.23. The first-order chi connectivity index (χ1) is 13.1. The van der Waals surface area contributed by atoms with Gasteiger partial charge in [0.15, 0.2) is 5.76 Å². The topological polar surface area (TPSA) is 89.5 Å². The second-order valence-electron chi connectivity index (χ2n) is 6.44. The highest BCUT2D eigenvalue weighted by Gasteiger charge is 2.33. The minimum absolute atomic E-state index is 0.0187. The molecular weight excluding hydrogens is 346 g/mol. The molecule has 136 valence electrons. The molecule has 0 N–H and O–H groups in total. The number of hydrogen-bond donors (Lipinski definition) is 0. The molecule has 2 heterocycles. The van der Waals surface area contributed by atoms with Gasteiger partial charge in [0.2, 0.25) is 0 Å². The van der Waals surface area contributed by atoms with E-state index in [-0.39, 0.29) is 17.6 Å². The van der Waals surface area contributed by atoms with Gasteiger partial charge in [-0.1, -0.05) is 35.5 Å². The predicted molar refractivity (Wildman–Crippen MR) is 98.0 cm³/mol. The third-order valence-electron chi connectivity index (χ3n) is 4.84. The summed E-state index contributed by atoms with van der Waals surface area (Å²) in [6, 6.07) is 15.9. The summed E-state index contributed by atoms with van der Waals surface area (Å²) in [7, 11) is 0. The summed E-state index contributed by atoms with van der Waals surface area (Å²) in [6.07, 6.45) is 3.26. The van der Waals surface area contributed by atoms with Crippen LogP contribution in [0.25, 0.3) is 11.3 Å². The van der Waals surface area contributed by atoms with Crippen LogP contribution < -0.4 is 0 Å². The number of carbonyl (C=O) groups is 1. The average Bonchev–Trinajstić information content (AvgIpc) is 3.38. The summed E-state index contributed by atoms with van der Waals surface area (Å²) in [6.45, 7) is 0.670. The summed E-state index contributed by atoms with van der Waals surface area (Å²) >= 11 is 0. The van der Waals surface area contributed by atoms with Crippen LogP contribution in [-0.4, -0.2) is 27.4 Å². The SMILES string of the molecule is O=C(c1cnoc1-c1ccc([N+](=O)[O-])cc1)N1CCCC1c1ccccc1. The van der Waals surface area contributed by atoms with Gasteiger partial charge < -0.3 is 9.42 Å². The summed E-state index contributed by atoms with van der Waals surface area (Å²) in [4.78, 5) is 25.4. The summed E-state index contributed by atoms with van der Waals surface area (Å²) in [5, 5.41) is 14.6. The van der Waals surface area contributed by atoms with Crippen LogP contribution in [0.3, 0.4) is 0 Å². The van der Waals surface area contributed by atoms with Gasteiger partial charge in [-0.15, -0.1) is 0 Å². The fourth-order valence-electron chi connectivity index (χ4n) is 3.52. The smallest absolute Gasteiger partial charge is 0.269 e. The monoisotopic (exact) mass is 363 g/mol. The van der Waals surface area contributed by atoms with Crippen LogP contribution in [-0.2, 0) is 0 Å². The number of nitro benzene ring substituents is 1. The molecular formula is C20H17N3O4. The molecule has 0 radical (unpaired) electrons. The van der Waals surface area contributed by atoms with Crippen molar-refractivity contribution in [3.05, 3.63) is 82.0 Å². The van der Waals surface area contributed by atoms with Crippen molar-refractivity contribution in [1.29, 1.82) is 0 Å². The van der Waals surface area contributed by atoms with Crippen molar-refractivity contribution < 1.29 is 14.2 Å². The largest absolute Gasteiger partial charge is 0.355 e. The van der Waals surface area contributed by atoms with Gasteiger partial charge in [0, 0.05) is 24.2 Å². The molecule has 1 amide bonds. The quantitative estimate of drug-likeness (QED) is 0.511. The van der Waals surface area contributed by atoms with Crippen LogP contribution in [0.5, 0.6) is 0 Å². The van der Waals surface area contributed by atoms with E-state index in [0.29, 0.717) is 23.4 Å². The van der Waals surface area contributed by atoms with Crippen molar-refractivity contribution in [3.63, 3.8) is 0 Å². The number of nitro groups is 1. The number of nitrogens with zero attached hydrogens (tertiary/aromatic N) is 3. The fraction of sp³-hybridized carbons (Fsp3) is 0.200. The molecule has 7 heteroatoms. The molecule has 0 saturated carbocycles. The molecule has 2 aromatic carbocycles. The van der Waals surface area contributed by atoms with Crippen molar-refractivity contribution >= 4 is 11.6 Å². The molecule has 27 heavy (non-hydrogen) atoms. The van der Waals surface area contributed by atoms with E-state index in [1.807, 2.05) is 35.2 Å². The maximum atomic E-state index is 13.2. The van der Waals surface area contributed by atoms with E-state index >= 15 is 0 Å². The van der Waals surface area contributed by atoms with Gasteiger partial charge in [-0.05, 0) is 30.5 Å². The van der Waals surface area contributed by atoms with Crippen LogP contribution in [0, 0.1) is 10.1 Å². The second-order valence-corrected chi connectivity index (χ2v) is 6.44. The van der Waals surface area contributed by atoms with E-state index in [9.17, 15) is 14.9 Å². The zero-order valence-corrected chi connectivity index (χ0v) is 14.4. The zero-order chi connectivity index (χ0) is 18.8. The van der Waals surface area contributed by atoms with Gasteiger partial charge in [0.05, 0.1) is 17.2 Å². The Kier molecular flexibility index (Phi) is 4.42. The molecule has 1 aliphatic rings. The van der Waals surface area contributed by atoms with Crippen molar-refractivity contribution in [2.75, 3.05) is 6.54 Å². The average molecular weight is 363 g/mol. The number of hydrogen-bond acceptors (Lipinski definition) is 5. The molecule has 7 nitrogen and oxygen atoms in total. The summed E-state index contributed by atoms with van der Waals surface area (Å²) in [5.74, 6) is 0.185. The van der Waals surface area contributed by atoms with E-state index in [2.05, 4.69) is 5.16 Å². The standard InChI is InChI=1S/C20H17N3O4/c24-20(22-12-4-7-18(22)14-5-2-1-3-6-14)17-13-21-27-19(17)15-8-10-16(11-9-15)23(25)26/h1-3,5-6,8-11,13,18H,4,7,12H2. The minimum atomic E-state index is -0.467. The number of rotatable bonds is 4. The lowest BCUT2D eigenvalue weighted by Gasteiger charge is -2.24. The Labute approximate surface area is 155 Å². The molecule has 1 saturated heterocycles. The molecule has 4 rings (SSSR count). The molecule has 1 atom stereocenters. The van der Waals surface area contributed by atoms with Crippen LogP contribution in [0.2, 0.25) is 0 Å². The molecule has 0 aliphatic carbocycles. The number of carbonyl (C=O) groups excluding carboxylic acids is 1. The van der Waals surface area contributed by atoms with Gasteiger partial charge in [0.25, 0.3) is 11.6 Å².